The summed E-state index contributed by atoms with van der Waals surface area (Å²) < 4.78 is 31.5. The van der Waals surface area contributed by atoms with Crippen LogP contribution in [-0.2, 0) is 10.0 Å². The van der Waals surface area contributed by atoms with Gasteiger partial charge in [0.1, 0.15) is 0 Å². The van der Waals surface area contributed by atoms with Gasteiger partial charge in [-0.2, -0.15) is 0 Å². The van der Waals surface area contributed by atoms with Crippen molar-refractivity contribution in [2.45, 2.75) is 38.8 Å². The number of aryl methyl sites for hydroxylation is 1. The molecule has 2 unspecified atom stereocenters. The van der Waals surface area contributed by atoms with Crippen molar-refractivity contribution < 1.29 is 12.8 Å². The smallest absolute Gasteiger partial charge is 0.247 e. The SMILES string of the molecule is Cc1ccc(-c2nnc(C(C)N3CCCC(NS(C)(=O)=O)C3)o2)cc1. The van der Waals surface area contributed by atoms with Gasteiger partial charge >= 0.3 is 0 Å². The van der Waals surface area contributed by atoms with Gasteiger partial charge in [0.25, 0.3) is 0 Å². The number of benzene rings is 1. The fourth-order valence-corrected chi connectivity index (χ4v) is 3.93. The Balaban J connectivity index is 1.70. The summed E-state index contributed by atoms with van der Waals surface area (Å²) in [6.07, 6.45) is 2.96. The van der Waals surface area contributed by atoms with E-state index in [1.165, 1.54) is 11.8 Å². The lowest BCUT2D eigenvalue weighted by molar-refractivity contribution is 0.136. The zero-order chi connectivity index (χ0) is 18.0. The molecule has 2 aromatic rings. The van der Waals surface area contributed by atoms with E-state index in [0.29, 0.717) is 18.3 Å². The van der Waals surface area contributed by atoms with Crippen LogP contribution in [0, 0.1) is 6.92 Å². The number of piperidine rings is 1. The predicted molar refractivity (Wildman–Crippen MR) is 95.5 cm³/mol. The number of sulfonamides is 1. The van der Waals surface area contributed by atoms with Crippen LogP contribution in [0.15, 0.2) is 28.7 Å². The summed E-state index contributed by atoms with van der Waals surface area (Å²) in [5, 5.41) is 8.35. The molecule has 1 saturated heterocycles. The first kappa shape index (κ1) is 18.0. The van der Waals surface area contributed by atoms with Gasteiger partial charge in [-0.1, -0.05) is 17.7 Å². The summed E-state index contributed by atoms with van der Waals surface area (Å²) in [5.74, 6) is 1.06. The fraction of sp³-hybridized carbons (Fsp3) is 0.529. The highest BCUT2D eigenvalue weighted by molar-refractivity contribution is 7.88. The van der Waals surface area contributed by atoms with Gasteiger partial charge in [-0.3, -0.25) is 4.90 Å². The lowest BCUT2D eigenvalue weighted by atomic mass is 10.0. The highest BCUT2D eigenvalue weighted by Crippen LogP contribution is 2.26. The summed E-state index contributed by atoms with van der Waals surface area (Å²) in [7, 11) is -3.20. The van der Waals surface area contributed by atoms with E-state index in [-0.39, 0.29) is 12.1 Å². The van der Waals surface area contributed by atoms with Gasteiger partial charge in [-0.05, 0) is 45.4 Å². The van der Waals surface area contributed by atoms with Crippen LogP contribution in [-0.4, -0.2) is 48.9 Å². The third kappa shape index (κ3) is 4.65. The van der Waals surface area contributed by atoms with Gasteiger partial charge in [-0.15, -0.1) is 10.2 Å². The maximum Gasteiger partial charge on any atom is 0.247 e. The number of likely N-dealkylation sites (tertiary alicyclic amines) is 1. The molecule has 25 heavy (non-hydrogen) atoms. The number of nitrogens with one attached hydrogen (secondary N) is 1. The van der Waals surface area contributed by atoms with Crippen LogP contribution < -0.4 is 4.72 Å². The molecule has 1 N–H and O–H groups in total. The summed E-state index contributed by atoms with van der Waals surface area (Å²) in [5.41, 5.74) is 2.07. The normalized spacial score (nSPS) is 20.5. The van der Waals surface area contributed by atoms with Crippen LogP contribution in [0.1, 0.15) is 37.3 Å². The molecule has 0 saturated carbocycles. The maximum atomic E-state index is 11.5. The van der Waals surface area contributed by atoms with E-state index in [4.69, 9.17) is 4.42 Å². The van der Waals surface area contributed by atoms with Gasteiger partial charge in [-0.25, -0.2) is 13.1 Å². The molecule has 136 valence electrons. The fourth-order valence-electron chi connectivity index (χ4n) is 3.13. The van der Waals surface area contributed by atoms with E-state index >= 15 is 0 Å². The molecule has 1 aliphatic heterocycles. The molecule has 3 rings (SSSR count). The number of nitrogens with zero attached hydrogens (tertiary/aromatic N) is 3. The third-order valence-corrected chi connectivity index (χ3v) is 5.24. The van der Waals surface area contributed by atoms with Crippen LogP contribution in [0.2, 0.25) is 0 Å². The largest absolute Gasteiger partial charge is 0.419 e. The van der Waals surface area contributed by atoms with Crippen LogP contribution in [0.5, 0.6) is 0 Å². The Morgan fingerprint density at radius 1 is 1.28 bits per heavy atom. The van der Waals surface area contributed by atoms with E-state index in [1.54, 1.807) is 0 Å². The van der Waals surface area contributed by atoms with Gasteiger partial charge in [0, 0.05) is 18.2 Å². The molecular formula is C17H24N4O3S. The molecule has 0 aliphatic carbocycles. The maximum absolute atomic E-state index is 11.5. The molecule has 0 amide bonds. The van der Waals surface area contributed by atoms with Crippen LogP contribution in [0.4, 0.5) is 0 Å². The second kappa shape index (κ2) is 7.23. The Labute approximate surface area is 148 Å². The highest BCUT2D eigenvalue weighted by Gasteiger charge is 2.28. The summed E-state index contributed by atoms with van der Waals surface area (Å²) in [6, 6.07) is 7.80. The van der Waals surface area contributed by atoms with Gasteiger partial charge < -0.3 is 4.42 Å². The lowest BCUT2D eigenvalue weighted by Crippen LogP contribution is -2.48. The molecule has 1 fully saturated rings. The first-order valence-electron chi connectivity index (χ1n) is 8.43. The average molecular weight is 364 g/mol. The van der Waals surface area contributed by atoms with E-state index in [2.05, 4.69) is 19.8 Å². The van der Waals surface area contributed by atoms with E-state index in [1.807, 2.05) is 38.1 Å². The Morgan fingerprint density at radius 3 is 2.68 bits per heavy atom. The Kier molecular flexibility index (Phi) is 5.21. The standard InChI is InChI=1S/C17H24N4O3S/c1-12-6-8-14(9-7-12)17-19-18-16(24-17)13(2)21-10-4-5-15(11-21)20-25(3,22)23/h6-9,13,15,20H,4-5,10-11H2,1-3H3. The summed E-state index contributed by atoms with van der Waals surface area (Å²) in [4.78, 5) is 2.18. The number of hydrogen-bond donors (Lipinski definition) is 1. The minimum atomic E-state index is -3.20. The second-order valence-electron chi connectivity index (χ2n) is 6.71. The quantitative estimate of drug-likeness (QED) is 0.874. The Morgan fingerprint density at radius 2 is 2.00 bits per heavy atom. The minimum absolute atomic E-state index is 0.0594. The molecule has 2 atom stereocenters. The van der Waals surface area contributed by atoms with Crippen LogP contribution in [0.25, 0.3) is 11.5 Å². The van der Waals surface area contributed by atoms with Crippen molar-refractivity contribution in [2.75, 3.05) is 19.3 Å². The van der Waals surface area contributed by atoms with Crippen LogP contribution in [0.3, 0.4) is 0 Å². The molecule has 0 radical (unpaired) electrons. The first-order chi connectivity index (χ1) is 11.8. The topological polar surface area (TPSA) is 88.3 Å². The molecule has 0 spiro atoms. The van der Waals surface area contributed by atoms with E-state index in [9.17, 15) is 8.42 Å². The van der Waals surface area contributed by atoms with Crippen molar-refractivity contribution in [3.63, 3.8) is 0 Å². The Hall–Kier alpha value is -1.77. The summed E-state index contributed by atoms with van der Waals surface area (Å²) in [6.45, 7) is 5.56. The van der Waals surface area contributed by atoms with Crippen molar-refractivity contribution in [1.82, 2.24) is 19.8 Å². The second-order valence-corrected chi connectivity index (χ2v) is 8.49. The number of hydrogen-bond acceptors (Lipinski definition) is 6. The number of rotatable bonds is 5. The summed E-state index contributed by atoms with van der Waals surface area (Å²) >= 11 is 0. The molecule has 7 nitrogen and oxygen atoms in total. The monoisotopic (exact) mass is 364 g/mol. The van der Waals surface area contributed by atoms with E-state index in [0.717, 1.165) is 24.9 Å². The van der Waals surface area contributed by atoms with Crippen molar-refractivity contribution in [1.29, 1.82) is 0 Å². The van der Waals surface area contributed by atoms with Crippen molar-refractivity contribution in [2.24, 2.45) is 0 Å². The minimum Gasteiger partial charge on any atom is -0.419 e. The molecule has 0 bridgehead atoms. The Bertz CT molecular complexity index is 817. The first-order valence-corrected chi connectivity index (χ1v) is 10.3. The highest BCUT2D eigenvalue weighted by atomic mass is 32.2. The zero-order valence-corrected chi connectivity index (χ0v) is 15.6. The van der Waals surface area contributed by atoms with Gasteiger partial charge in [0.05, 0.1) is 12.3 Å². The predicted octanol–water partition coefficient (Wildman–Crippen LogP) is 2.12. The molecular weight excluding hydrogens is 340 g/mol. The van der Waals surface area contributed by atoms with Crippen molar-refractivity contribution in [3.8, 4) is 11.5 Å². The van der Waals surface area contributed by atoms with Crippen molar-refractivity contribution >= 4 is 10.0 Å². The van der Waals surface area contributed by atoms with Crippen molar-refractivity contribution in [3.05, 3.63) is 35.7 Å². The molecule has 1 aromatic carbocycles. The lowest BCUT2D eigenvalue weighted by Gasteiger charge is -2.35. The number of aromatic nitrogens is 2. The van der Waals surface area contributed by atoms with Gasteiger partial charge in [0.15, 0.2) is 0 Å². The molecule has 2 heterocycles. The molecule has 1 aliphatic rings. The third-order valence-electron chi connectivity index (χ3n) is 4.48. The molecule has 8 heteroatoms. The van der Waals surface area contributed by atoms with Crippen LogP contribution >= 0.6 is 0 Å². The van der Waals surface area contributed by atoms with E-state index < -0.39 is 10.0 Å². The average Bonchev–Trinajstić information content (AvgIpc) is 3.03. The zero-order valence-electron chi connectivity index (χ0n) is 14.8. The molecule has 1 aromatic heterocycles. The van der Waals surface area contributed by atoms with Gasteiger partial charge in [0.2, 0.25) is 21.8 Å².